The Hall–Kier alpha value is -1.36. The van der Waals surface area contributed by atoms with Crippen molar-refractivity contribution in [2.45, 2.75) is 31.3 Å². The number of benzene rings is 1. The topological polar surface area (TPSA) is 38.3 Å². The molecule has 110 valence electrons. The van der Waals surface area contributed by atoms with Crippen LogP contribution in [0.25, 0.3) is 0 Å². The number of rotatable bonds is 5. The minimum Gasteiger partial charge on any atom is -0.435 e. The summed E-state index contributed by atoms with van der Waals surface area (Å²) < 4.78 is 28.2. The van der Waals surface area contributed by atoms with Crippen molar-refractivity contribution < 1.29 is 18.3 Å². The molecule has 1 aromatic rings. The first-order valence-corrected chi connectivity index (χ1v) is 6.95. The van der Waals surface area contributed by atoms with Gasteiger partial charge in [-0.15, -0.1) is 11.6 Å². The highest BCUT2D eigenvalue weighted by Gasteiger charge is 2.23. The molecule has 0 aliphatic heterocycles. The van der Waals surface area contributed by atoms with Gasteiger partial charge in [0.05, 0.1) is 0 Å². The second-order valence-corrected chi connectivity index (χ2v) is 5.51. The Morgan fingerprint density at radius 2 is 2.05 bits per heavy atom. The van der Waals surface area contributed by atoms with Gasteiger partial charge in [-0.1, -0.05) is 0 Å². The SMILES string of the molecule is O=C(NCC1CCC(Cl)C1)c1ccc(OC(F)F)cc1. The maximum absolute atomic E-state index is 12.0. The number of alkyl halides is 3. The number of ether oxygens (including phenoxy) is 1. The molecule has 0 bridgehead atoms. The maximum atomic E-state index is 12.0. The van der Waals surface area contributed by atoms with Crippen LogP contribution >= 0.6 is 11.6 Å². The van der Waals surface area contributed by atoms with Crippen LogP contribution in [-0.4, -0.2) is 24.4 Å². The summed E-state index contributed by atoms with van der Waals surface area (Å²) in [7, 11) is 0. The fourth-order valence-corrected chi connectivity index (χ4v) is 2.70. The zero-order valence-electron chi connectivity index (χ0n) is 10.8. The quantitative estimate of drug-likeness (QED) is 0.846. The Morgan fingerprint density at radius 3 is 2.60 bits per heavy atom. The highest BCUT2D eigenvalue weighted by Crippen LogP contribution is 2.28. The average Bonchev–Trinajstić information content (AvgIpc) is 2.82. The van der Waals surface area contributed by atoms with E-state index in [-0.39, 0.29) is 17.0 Å². The summed E-state index contributed by atoms with van der Waals surface area (Å²) >= 11 is 6.01. The van der Waals surface area contributed by atoms with Gasteiger partial charge in [-0.25, -0.2) is 0 Å². The van der Waals surface area contributed by atoms with Crippen molar-refractivity contribution in [3.05, 3.63) is 29.8 Å². The van der Waals surface area contributed by atoms with Gasteiger partial charge in [-0.05, 0) is 49.4 Å². The lowest BCUT2D eigenvalue weighted by Gasteiger charge is -2.11. The highest BCUT2D eigenvalue weighted by molar-refractivity contribution is 6.20. The van der Waals surface area contributed by atoms with E-state index < -0.39 is 6.61 Å². The van der Waals surface area contributed by atoms with Crippen molar-refractivity contribution in [3.63, 3.8) is 0 Å². The molecule has 2 unspecified atom stereocenters. The Labute approximate surface area is 121 Å². The Kier molecular flexibility index (Phi) is 5.17. The predicted molar refractivity (Wildman–Crippen MR) is 72.4 cm³/mol. The van der Waals surface area contributed by atoms with E-state index in [2.05, 4.69) is 10.1 Å². The maximum Gasteiger partial charge on any atom is 0.387 e. The zero-order valence-corrected chi connectivity index (χ0v) is 11.6. The fourth-order valence-electron chi connectivity index (χ4n) is 2.33. The van der Waals surface area contributed by atoms with E-state index in [4.69, 9.17) is 11.6 Å². The molecular formula is C14H16ClF2NO2. The predicted octanol–water partition coefficient (Wildman–Crippen LogP) is 3.43. The van der Waals surface area contributed by atoms with Crippen molar-refractivity contribution in [2.24, 2.45) is 5.92 Å². The third-order valence-electron chi connectivity index (χ3n) is 3.37. The van der Waals surface area contributed by atoms with Crippen LogP contribution < -0.4 is 10.1 Å². The van der Waals surface area contributed by atoms with Gasteiger partial charge in [-0.2, -0.15) is 8.78 Å². The molecule has 1 fully saturated rings. The van der Waals surface area contributed by atoms with Crippen LogP contribution in [0.5, 0.6) is 5.75 Å². The van der Waals surface area contributed by atoms with Crippen LogP contribution in [0.15, 0.2) is 24.3 Å². The number of hydrogen-bond donors (Lipinski definition) is 1. The van der Waals surface area contributed by atoms with Gasteiger partial charge in [-0.3, -0.25) is 4.79 Å². The van der Waals surface area contributed by atoms with Gasteiger partial charge < -0.3 is 10.1 Å². The Balaban J connectivity index is 1.83. The molecule has 1 saturated carbocycles. The number of halogens is 3. The van der Waals surface area contributed by atoms with E-state index in [0.717, 1.165) is 19.3 Å². The Bertz CT molecular complexity index is 453. The summed E-state index contributed by atoms with van der Waals surface area (Å²) in [5.74, 6) is 0.242. The van der Waals surface area contributed by atoms with Crippen LogP contribution in [0.2, 0.25) is 0 Å². The highest BCUT2D eigenvalue weighted by atomic mass is 35.5. The monoisotopic (exact) mass is 303 g/mol. The molecule has 3 nitrogen and oxygen atoms in total. The van der Waals surface area contributed by atoms with E-state index in [9.17, 15) is 13.6 Å². The molecule has 1 aliphatic carbocycles. The lowest BCUT2D eigenvalue weighted by atomic mass is 10.1. The minimum absolute atomic E-state index is 0.0392. The summed E-state index contributed by atoms with van der Waals surface area (Å²) in [6.07, 6.45) is 2.93. The van der Waals surface area contributed by atoms with E-state index in [1.54, 1.807) is 0 Å². The van der Waals surface area contributed by atoms with Crippen molar-refractivity contribution in [2.75, 3.05) is 6.54 Å². The molecule has 0 spiro atoms. The second kappa shape index (κ2) is 6.88. The van der Waals surface area contributed by atoms with Crippen molar-refractivity contribution in [1.29, 1.82) is 0 Å². The van der Waals surface area contributed by atoms with Crippen molar-refractivity contribution in [3.8, 4) is 5.75 Å². The lowest BCUT2D eigenvalue weighted by Crippen LogP contribution is -2.28. The van der Waals surface area contributed by atoms with Gasteiger partial charge >= 0.3 is 6.61 Å². The first-order chi connectivity index (χ1) is 9.54. The van der Waals surface area contributed by atoms with E-state index >= 15 is 0 Å². The van der Waals surface area contributed by atoms with Crippen LogP contribution in [0.1, 0.15) is 29.6 Å². The van der Waals surface area contributed by atoms with E-state index in [1.807, 2.05) is 0 Å². The molecule has 0 heterocycles. The van der Waals surface area contributed by atoms with Crippen LogP contribution in [-0.2, 0) is 0 Å². The molecule has 2 atom stereocenters. The molecule has 6 heteroatoms. The normalized spacial score (nSPS) is 22.0. The number of carbonyl (C=O) groups excluding carboxylic acids is 1. The molecule has 1 amide bonds. The van der Waals surface area contributed by atoms with Crippen LogP contribution in [0, 0.1) is 5.92 Å². The summed E-state index contributed by atoms with van der Waals surface area (Å²) in [5.41, 5.74) is 0.423. The number of hydrogen-bond acceptors (Lipinski definition) is 2. The molecule has 1 aliphatic rings. The van der Waals surface area contributed by atoms with Crippen molar-refractivity contribution >= 4 is 17.5 Å². The third kappa shape index (κ3) is 4.34. The molecular weight excluding hydrogens is 288 g/mol. The number of amides is 1. The van der Waals surface area contributed by atoms with Crippen LogP contribution in [0.3, 0.4) is 0 Å². The average molecular weight is 304 g/mol. The molecule has 0 radical (unpaired) electrons. The third-order valence-corrected chi connectivity index (χ3v) is 3.77. The molecule has 1 N–H and O–H groups in total. The number of carbonyl (C=O) groups is 1. The van der Waals surface area contributed by atoms with E-state index in [1.165, 1.54) is 24.3 Å². The molecule has 2 rings (SSSR count). The summed E-state index contributed by atoms with van der Waals surface area (Å²) in [5, 5.41) is 3.05. The van der Waals surface area contributed by atoms with E-state index in [0.29, 0.717) is 18.0 Å². The first kappa shape index (κ1) is 15.0. The molecule has 0 saturated heterocycles. The minimum atomic E-state index is -2.86. The number of nitrogens with one attached hydrogen (secondary N) is 1. The van der Waals surface area contributed by atoms with Gasteiger partial charge in [0.2, 0.25) is 0 Å². The molecule has 0 aromatic heterocycles. The van der Waals surface area contributed by atoms with Gasteiger partial charge in [0.25, 0.3) is 5.91 Å². The summed E-state index contributed by atoms with van der Waals surface area (Å²) in [4.78, 5) is 11.9. The fraction of sp³-hybridized carbons (Fsp3) is 0.500. The lowest BCUT2D eigenvalue weighted by molar-refractivity contribution is -0.0498. The van der Waals surface area contributed by atoms with Crippen LogP contribution in [0.4, 0.5) is 8.78 Å². The van der Waals surface area contributed by atoms with Gasteiger partial charge in [0.15, 0.2) is 0 Å². The standard InChI is InChI=1S/C14H16ClF2NO2/c15-11-4-1-9(7-11)8-18-13(19)10-2-5-12(6-3-10)20-14(16)17/h2-3,5-6,9,11,14H,1,4,7-8H2,(H,18,19). The summed E-state index contributed by atoms with van der Waals surface area (Å²) in [6, 6.07) is 5.63. The van der Waals surface area contributed by atoms with Crippen molar-refractivity contribution in [1.82, 2.24) is 5.32 Å². The van der Waals surface area contributed by atoms with Gasteiger partial charge in [0, 0.05) is 17.5 Å². The first-order valence-electron chi connectivity index (χ1n) is 6.51. The zero-order chi connectivity index (χ0) is 14.5. The Morgan fingerprint density at radius 1 is 1.35 bits per heavy atom. The largest absolute Gasteiger partial charge is 0.435 e. The van der Waals surface area contributed by atoms with Gasteiger partial charge in [0.1, 0.15) is 5.75 Å². The second-order valence-electron chi connectivity index (χ2n) is 4.89. The summed E-state index contributed by atoms with van der Waals surface area (Å²) in [6.45, 7) is -2.27. The smallest absolute Gasteiger partial charge is 0.387 e. The molecule has 1 aromatic carbocycles. The molecule has 20 heavy (non-hydrogen) atoms.